The monoisotopic (exact) mass is 187 g/mol. The molecule has 0 N–H and O–H groups in total. The van der Waals surface area contributed by atoms with E-state index in [2.05, 4.69) is 10.8 Å². The van der Waals surface area contributed by atoms with Crippen LogP contribution in [0.25, 0.3) is 0 Å². The minimum absolute atomic E-state index is 0.174. The van der Waals surface area contributed by atoms with Crippen LogP contribution >= 0.6 is 0 Å². The lowest BCUT2D eigenvalue weighted by molar-refractivity contribution is 0.143. The molecule has 0 saturated heterocycles. The lowest BCUT2D eigenvalue weighted by Crippen LogP contribution is -2.06. The molecule has 13 heavy (non-hydrogen) atoms. The van der Waals surface area contributed by atoms with E-state index in [1.807, 2.05) is 0 Å². The Hall–Kier alpha value is -1.16. The summed E-state index contributed by atoms with van der Waals surface area (Å²) in [5.41, 5.74) is 0. The van der Waals surface area contributed by atoms with Gasteiger partial charge in [-0.15, -0.1) is 0 Å². The van der Waals surface area contributed by atoms with E-state index in [9.17, 15) is 8.78 Å². The Morgan fingerprint density at radius 3 is 2.85 bits per heavy atom. The minimum atomic E-state index is -1.02. The molecule has 0 atom stereocenters. The van der Waals surface area contributed by atoms with Crippen LogP contribution in [0.1, 0.15) is 0 Å². The molecule has 0 aliphatic rings. The largest absolute Gasteiger partial charge is 0.487 e. The highest BCUT2D eigenvalue weighted by atomic mass is 19.2. The number of hydrogen-bond acceptors (Lipinski definition) is 2. The van der Waals surface area contributed by atoms with Gasteiger partial charge in [0.05, 0.1) is 6.61 Å². The maximum absolute atomic E-state index is 12.9. The summed E-state index contributed by atoms with van der Waals surface area (Å²) in [6.45, 7) is 0.497. The van der Waals surface area contributed by atoms with Crippen LogP contribution in [-0.4, -0.2) is 20.3 Å². The predicted octanol–water partition coefficient (Wildman–Crippen LogP) is 1.79. The van der Waals surface area contributed by atoms with Crippen molar-refractivity contribution in [2.45, 2.75) is 0 Å². The van der Waals surface area contributed by atoms with Crippen LogP contribution in [0, 0.1) is 17.7 Å². The van der Waals surface area contributed by atoms with Crippen LogP contribution in [0.3, 0.4) is 0 Å². The smallest absolute Gasteiger partial charge is 0.201 e. The van der Waals surface area contributed by atoms with Crippen molar-refractivity contribution < 1.29 is 18.3 Å². The van der Waals surface area contributed by atoms with E-state index >= 15 is 0 Å². The molecular weight excluding hydrogens is 178 g/mol. The molecule has 71 valence electrons. The van der Waals surface area contributed by atoms with E-state index in [1.54, 1.807) is 0 Å². The Morgan fingerprint density at radius 2 is 2.15 bits per heavy atom. The second-order valence-corrected chi connectivity index (χ2v) is 2.31. The Morgan fingerprint density at radius 1 is 1.38 bits per heavy atom. The average Bonchev–Trinajstić information content (AvgIpc) is 2.13. The van der Waals surface area contributed by atoms with E-state index in [0.29, 0.717) is 6.61 Å². The summed E-state index contributed by atoms with van der Waals surface area (Å²) in [6.07, 6.45) is 0. The Kier molecular flexibility index (Phi) is 3.64. The highest BCUT2D eigenvalue weighted by Gasteiger charge is 2.08. The normalized spacial score (nSPS) is 10.1. The van der Waals surface area contributed by atoms with Gasteiger partial charge in [0.25, 0.3) is 0 Å². The van der Waals surface area contributed by atoms with Crippen molar-refractivity contribution in [1.29, 1.82) is 0 Å². The number of benzene rings is 1. The lowest BCUT2D eigenvalue weighted by Gasteiger charge is -2.05. The van der Waals surface area contributed by atoms with Gasteiger partial charge in [0.15, 0.2) is 11.6 Å². The Bertz CT molecular complexity index is 276. The molecule has 0 heterocycles. The van der Waals surface area contributed by atoms with Crippen molar-refractivity contribution in [2.24, 2.45) is 0 Å². The van der Waals surface area contributed by atoms with Gasteiger partial charge in [-0.3, -0.25) is 0 Å². The summed E-state index contributed by atoms with van der Waals surface area (Å²) in [5.74, 6) is -2.16. The fourth-order valence-electron chi connectivity index (χ4n) is 0.768. The zero-order chi connectivity index (χ0) is 9.68. The summed E-state index contributed by atoms with van der Waals surface area (Å²) < 4.78 is 35.0. The van der Waals surface area contributed by atoms with Crippen molar-refractivity contribution >= 4 is 0 Å². The summed E-state index contributed by atoms with van der Waals surface area (Å²) in [6, 6.07) is 4.69. The van der Waals surface area contributed by atoms with Crippen LogP contribution in [0.15, 0.2) is 12.1 Å². The molecule has 0 saturated carbocycles. The van der Waals surface area contributed by atoms with Crippen molar-refractivity contribution in [3.63, 3.8) is 0 Å². The number of rotatable bonds is 4. The van der Waals surface area contributed by atoms with Crippen LogP contribution in [0.2, 0.25) is 0 Å². The molecule has 0 unspecified atom stereocenters. The third-order valence-electron chi connectivity index (χ3n) is 1.39. The van der Waals surface area contributed by atoms with E-state index in [0.717, 1.165) is 6.07 Å². The van der Waals surface area contributed by atoms with Gasteiger partial charge < -0.3 is 9.47 Å². The number of halogens is 2. The SMILES string of the molecule is COCCOc1[c]ccc(F)c1F. The lowest BCUT2D eigenvalue weighted by atomic mass is 10.3. The van der Waals surface area contributed by atoms with Gasteiger partial charge >= 0.3 is 0 Å². The van der Waals surface area contributed by atoms with Crippen molar-refractivity contribution in [1.82, 2.24) is 0 Å². The van der Waals surface area contributed by atoms with E-state index in [4.69, 9.17) is 4.74 Å². The molecule has 0 fully saturated rings. The molecule has 0 spiro atoms. The van der Waals surface area contributed by atoms with Gasteiger partial charge in [0, 0.05) is 13.2 Å². The van der Waals surface area contributed by atoms with Crippen LogP contribution in [0.5, 0.6) is 5.75 Å². The summed E-state index contributed by atoms with van der Waals surface area (Å²) >= 11 is 0. The van der Waals surface area contributed by atoms with Gasteiger partial charge in [-0.05, 0) is 12.1 Å². The zero-order valence-corrected chi connectivity index (χ0v) is 7.14. The molecule has 1 rings (SSSR count). The molecule has 4 heteroatoms. The molecule has 1 aromatic carbocycles. The quantitative estimate of drug-likeness (QED) is 0.669. The Labute approximate surface area is 75.1 Å². The summed E-state index contributed by atoms with van der Waals surface area (Å²) in [4.78, 5) is 0. The standard InChI is InChI=1S/C9H9F2O2/c1-12-5-6-13-8-4-2-3-7(10)9(8)11/h2-3H,5-6H2,1H3. The minimum Gasteiger partial charge on any atom is -0.487 e. The maximum Gasteiger partial charge on any atom is 0.201 e. The molecule has 0 aliphatic carbocycles. The third kappa shape index (κ3) is 2.66. The first-order valence-corrected chi connectivity index (χ1v) is 3.73. The second kappa shape index (κ2) is 4.77. The highest BCUT2D eigenvalue weighted by Crippen LogP contribution is 2.17. The Balaban J connectivity index is 2.61. The fraction of sp³-hybridized carbons (Fsp3) is 0.333. The van der Waals surface area contributed by atoms with Crippen molar-refractivity contribution in [3.05, 3.63) is 29.8 Å². The average molecular weight is 187 g/mol. The number of ether oxygens (including phenoxy) is 2. The van der Waals surface area contributed by atoms with Crippen molar-refractivity contribution in [2.75, 3.05) is 20.3 Å². The van der Waals surface area contributed by atoms with Gasteiger partial charge in [0.1, 0.15) is 6.61 Å². The van der Waals surface area contributed by atoms with Gasteiger partial charge in [-0.25, -0.2) is 4.39 Å². The molecule has 2 nitrogen and oxygen atoms in total. The first-order valence-electron chi connectivity index (χ1n) is 3.73. The molecule has 0 bridgehead atoms. The van der Waals surface area contributed by atoms with E-state index in [1.165, 1.54) is 13.2 Å². The van der Waals surface area contributed by atoms with Crippen LogP contribution < -0.4 is 4.74 Å². The summed E-state index contributed by atoms with van der Waals surface area (Å²) in [7, 11) is 1.50. The van der Waals surface area contributed by atoms with E-state index < -0.39 is 11.6 Å². The zero-order valence-electron chi connectivity index (χ0n) is 7.14. The molecule has 0 aliphatic heterocycles. The fourth-order valence-corrected chi connectivity index (χ4v) is 0.768. The number of hydrogen-bond donors (Lipinski definition) is 0. The molecule has 1 radical (unpaired) electrons. The van der Waals surface area contributed by atoms with Gasteiger partial charge in [-0.1, -0.05) is 0 Å². The molecular formula is C9H9F2O2. The van der Waals surface area contributed by atoms with Crippen LogP contribution in [-0.2, 0) is 4.74 Å². The highest BCUT2D eigenvalue weighted by molar-refractivity contribution is 5.23. The molecule has 0 amide bonds. The topological polar surface area (TPSA) is 18.5 Å². The first kappa shape index (κ1) is 9.92. The predicted molar refractivity (Wildman–Crippen MR) is 42.6 cm³/mol. The first-order chi connectivity index (χ1) is 6.25. The number of methoxy groups -OCH3 is 1. The van der Waals surface area contributed by atoms with Crippen LogP contribution in [0.4, 0.5) is 8.78 Å². The molecule has 1 aromatic rings. The summed E-state index contributed by atoms with van der Waals surface area (Å²) in [5, 5.41) is 0. The second-order valence-electron chi connectivity index (χ2n) is 2.31. The molecule has 0 aromatic heterocycles. The third-order valence-corrected chi connectivity index (χ3v) is 1.39. The van der Waals surface area contributed by atoms with E-state index in [-0.39, 0.29) is 12.4 Å². The van der Waals surface area contributed by atoms with Crippen molar-refractivity contribution in [3.8, 4) is 5.75 Å². The van der Waals surface area contributed by atoms with Gasteiger partial charge in [0.2, 0.25) is 5.82 Å². The van der Waals surface area contributed by atoms with Gasteiger partial charge in [-0.2, -0.15) is 4.39 Å². The maximum atomic E-state index is 12.9.